The molecule has 0 aliphatic carbocycles. The number of rotatable bonds is 3. The minimum absolute atomic E-state index is 0.140. The third-order valence-electron chi connectivity index (χ3n) is 5.20. The van der Waals surface area contributed by atoms with Crippen LogP contribution >= 0.6 is 46.0 Å². The lowest BCUT2D eigenvalue weighted by molar-refractivity contribution is -0.115. The smallest absolute Gasteiger partial charge is 0.264 e. The number of amidine groups is 1. The molecule has 1 aromatic heterocycles. The van der Waals surface area contributed by atoms with Crippen LogP contribution in [0.2, 0.25) is 5.02 Å². The largest absolute Gasteiger partial charge is 0.318 e. The number of nitrogens with one attached hydrogen (secondary N) is 1. The Morgan fingerprint density at radius 2 is 1.84 bits per heavy atom. The van der Waals surface area contributed by atoms with Crippen molar-refractivity contribution in [3.05, 3.63) is 84.0 Å². The summed E-state index contributed by atoms with van der Waals surface area (Å²) >= 11 is 9.78. The molecule has 0 unspecified atom stereocenters. The molecule has 1 saturated heterocycles. The average molecular weight is 562 g/mol. The van der Waals surface area contributed by atoms with Crippen molar-refractivity contribution in [2.24, 2.45) is 4.99 Å². The van der Waals surface area contributed by atoms with Crippen LogP contribution < -0.4 is 5.32 Å². The Balaban J connectivity index is 1.66. The van der Waals surface area contributed by atoms with Gasteiger partial charge in [-0.2, -0.15) is 0 Å². The Morgan fingerprint density at radius 3 is 2.58 bits per heavy atom. The van der Waals surface area contributed by atoms with E-state index in [-0.39, 0.29) is 5.91 Å². The number of nitrogens with zero attached hydrogens (tertiary/aromatic N) is 2. The third-order valence-corrected chi connectivity index (χ3v) is 7.56. The molecular weight excluding hydrogens is 541 g/mol. The molecule has 0 spiro atoms. The molecule has 0 radical (unpaired) electrons. The van der Waals surface area contributed by atoms with Crippen LogP contribution in [-0.4, -0.2) is 15.6 Å². The van der Waals surface area contributed by atoms with Gasteiger partial charge in [0.25, 0.3) is 5.91 Å². The van der Waals surface area contributed by atoms with Gasteiger partial charge in [0, 0.05) is 25.7 Å². The van der Waals surface area contributed by atoms with Crippen LogP contribution in [-0.2, 0) is 4.79 Å². The summed E-state index contributed by atoms with van der Waals surface area (Å²) in [5, 5.41) is 4.04. The molecule has 3 aromatic rings. The number of amides is 1. The highest BCUT2D eigenvalue weighted by atomic mass is 127. The number of hydrogen-bond donors (Lipinski definition) is 1. The maximum absolute atomic E-state index is 12.6. The van der Waals surface area contributed by atoms with Gasteiger partial charge in [0.15, 0.2) is 5.17 Å². The van der Waals surface area contributed by atoms with Gasteiger partial charge in [-0.25, -0.2) is 4.99 Å². The summed E-state index contributed by atoms with van der Waals surface area (Å²) in [4.78, 5) is 17.8. The van der Waals surface area contributed by atoms with Crippen LogP contribution in [0.3, 0.4) is 0 Å². The average Bonchev–Trinajstić information content (AvgIpc) is 3.19. The van der Waals surface area contributed by atoms with Gasteiger partial charge in [-0.05, 0) is 121 Å². The van der Waals surface area contributed by atoms with Crippen molar-refractivity contribution in [1.82, 2.24) is 9.88 Å². The SMILES string of the molecule is Cc1cc(-n2c(C)cc(/C=C3\SC(=Nc4cc(Cl)ccc4C)NC3=O)c2C)ccc1I. The molecule has 4 nitrogen and oxygen atoms in total. The molecule has 2 aromatic carbocycles. The van der Waals surface area contributed by atoms with E-state index < -0.39 is 0 Å². The van der Waals surface area contributed by atoms with Gasteiger partial charge in [-0.15, -0.1) is 0 Å². The van der Waals surface area contributed by atoms with Crippen molar-refractivity contribution in [2.75, 3.05) is 0 Å². The summed E-state index contributed by atoms with van der Waals surface area (Å²) in [6.45, 7) is 8.24. The number of halogens is 2. The Bertz CT molecular complexity index is 1280. The zero-order chi connectivity index (χ0) is 22.3. The molecule has 1 aliphatic rings. The van der Waals surface area contributed by atoms with Crippen molar-refractivity contribution in [1.29, 1.82) is 0 Å². The van der Waals surface area contributed by atoms with E-state index in [9.17, 15) is 4.79 Å². The first-order valence-corrected chi connectivity index (χ1v) is 12.0. The first kappa shape index (κ1) is 22.2. The summed E-state index contributed by atoms with van der Waals surface area (Å²) in [6, 6.07) is 14.1. The standard InChI is InChI=1S/C24H21ClIN3OS/c1-13-5-6-18(25)12-21(13)27-24-28-23(30)22(31-24)11-17-10-15(3)29(16(17)4)19-7-8-20(26)14(2)9-19/h5-12H,1-4H3,(H,27,28,30)/b22-11-. The fourth-order valence-corrected chi connectivity index (χ4v) is 4.86. The molecule has 1 fully saturated rings. The molecule has 7 heteroatoms. The van der Waals surface area contributed by atoms with E-state index in [1.165, 1.54) is 20.9 Å². The summed E-state index contributed by atoms with van der Waals surface area (Å²) in [6.07, 6.45) is 1.94. The molecule has 0 atom stereocenters. The zero-order valence-corrected chi connectivity index (χ0v) is 21.3. The predicted octanol–water partition coefficient (Wildman–Crippen LogP) is 6.86. The number of carbonyl (C=O) groups is 1. The van der Waals surface area contributed by atoms with Crippen molar-refractivity contribution < 1.29 is 4.79 Å². The van der Waals surface area contributed by atoms with Crippen LogP contribution in [0.4, 0.5) is 5.69 Å². The number of thioether (sulfide) groups is 1. The lowest BCUT2D eigenvalue weighted by Gasteiger charge is -2.11. The maximum Gasteiger partial charge on any atom is 0.264 e. The van der Waals surface area contributed by atoms with E-state index in [1.807, 2.05) is 25.1 Å². The van der Waals surface area contributed by atoms with E-state index in [0.29, 0.717) is 15.1 Å². The molecule has 158 valence electrons. The third kappa shape index (κ3) is 4.61. The zero-order valence-electron chi connectivity index (χ0n) is 17.6. The van der Waals surface area contributed by atoms with Crippen molar-refractivity contribution in [3.8, 4) is 5.69 Å². The Kier molecular flexibility index (Phi) is 6.32. The van der Waals surface area contributed by atoms with Crippen LogP contribution in [0.15, 0.2) is 52.4 Å². The molecular formula is C24H21ClIN3OS. The molecule has 1 amide bonds. The fraction of sp³-hybridized carbons (Fsp3) is 0.167. The number of benzene rings is 2. The Hall–Kier alpha value is -2.03. The van der Waals surface area contributed by atoms with Crippen molar-refractivity contribution in [2.45, 2.75) is 27.7 Å². The van der Waals surface area contributed by atoms with Gasteiger partial charge in [0.05, 0.1) is 10.6 Å². The molecule has 0 saturated carbocycles. The molecule has 4 rings (SSSR count). The minimum atomic E-state index is -0.140. The number of aryl methyl sites for hydroxylation is 3. The summed E-state index contributed by atoms with van der Waals surface area (Å²) in [5.74, 6) is -0.140. The first-order chi connectivity index (χ1) is 14.7. The minimum Gasteiger partial charge on any atom is -0.318 e. The van der Waals surface area contributed by atoms with E-state index >= 15 is 0 Å². The maximum atomic E-state index is 12.6. The highest BCUT2D eigenvalue weighted by Crippen LogP contribution is 2.32. The Morgan fingerprint density at radius 1 is 1.06 bits per heavy atom. The van der Waals surface area contributed by atoms with Gasteiger partial charge >= 0.3 is 0 Å². The number of aromatic nitrogens is 1. The second-order valence-corrected chi connectivity index (χ2v) is 10.1. The van der Waals surface area contributed by atoms with Gasteiger partial charge in [0.2, 0.25) is 0 Å². The monoisotopic (exact) mass is 561 g/mol. The van der Waals surface area contributed by atoms with Crippen molar-refractivity contribution in [3.63, 3.8) is 0 Å². The van der Waals surface area contributed by atoms with E-state index in [0.717, 1.165) is 33.9 Å². The predicted molar refractivity (Wildman–Crippen MR) is 140 cm³/mol. The fourth-order valence-electron chi connectivity index (χ4n) is 3.53. The first-order valence-electron chi connectivity index (χ1n) is 9.74. The highest BCUT2D eigenvalue weighted by molar-refractivity contribution is 14.1. The van der Waals surface area contributed by atoms with Gasteiger partial charge < -0.3 is 9.88 Å². The van der Waals surface area contributed by atoms with E-state index in [4.69, 9.17) is 11.6 Å². The number of aliphatic imine (C=N–C) groups is 1. The molecule has 0 bridgehead atoms. The normalized spacial score (nSPS) is 16.4. The van der Waals surface area contributed by atoms with Crippen LogP contribution in [0.1, 0.15) is 28.1 Å². The quantitative estimate of drug-likeness (QED) is 0.280. The number of carbonyl (C=O) groups excluding carboxylic acids is 1. The van der Waals surface area contributed by atoms with E-state index in [2.05, 4.69) is 82.5 Å². The summed E-state index contributed by atoms with van der Waals surface area (Å²) in [5.41, 5.74) is 7.36. The summed E-state index contributed by atoms with van der Waals surface area (Å²) in [7, 11) is 0. The molecule has 2 heterocycles. The van der Waals surface area contributed by atoms with Crippen LogP contribution in [0.25, 0.3) is 11.8 Å². The van der Waals surface area contributed by atoms with Gasteiger partial charge in [0.1, 0.15) is 0 Å². The highest BCUT2D eigenvalue weighted by Gasteiger charge is 2.25. The second-order valence-electron chi connectivity index (χ2n) is 7.51. The van der Waals surface area contributed by atoms with Crippen LogP contribution in [0.5, 0.6) is 0 Å². The summed E-state index contributed by atoms with van der Waals surface area (Å²) < 4.78 is 3.46. The molecule has 1 aliphatic heterocycles. The second kappa shape index (κ2) is 8.84. The molecule has 1 N–H and O–H groups in total. The van der Waals surface area contributed by atoms with Gasteiger partial charge in [-0.1, -0.05) is 17.7 Å². The van der Waals surface area contributed by atoms with Crippen molar-refractivity contribution >= 4 is 68.8 Å². The lowest BCUT2D eigenvalue weighted by Crippen LogP contribution is -2.19. The van der Waals surface area contributed by atoms with Crippen LogP contribution in [0, 0.1) is 31.3 Å². The lowest BCUT2D eigenvalue weighted by atomic mass is 10.2. The van der Waals surface area contributed by atoms with E-state index in [1.54, 1.807) is 6.07 Å². The number of hydrogen-bond acceptors (Lipinski definition) is 3. The topological polar surface area (TPSA) is 46.4 Å². The van der Waals surface area contributed by atoms with Gasteiger partial charge in [-0.3, -0.25) is 4.79 Å². The Labute approximate surface area is 204 Å². The molecule has 31 heavy (non-hydrogen) atoms.